The number of methoxy groups -OCH3 is 1. The van der Waals surface area contributed by atoms with Crippen LogP contribution in [0.1, 0.15) is 30.0 Å². The Labute approximate surface area is 217 Å². The second kappa shape index (κ2) is 9.76. The number of halogens is 2. The van der Waals surface area contributed by atoms with Gasteiger partial charge in [0.15, 0.2) is 0 Å². The Kier molecular flexibility index (Phi) is 6.70. The number of piperidine rings is 1. The monoisotopic (exact) mass is 530 g/mol. The molecule has 0 radical (unpaired) electrons. The zero-order chi connectivity index (χ0) is 24.6. The van der Waals surface area contributed by atoms with Gasteiger partial charge in [-0.3, -0.25) is 0 Å². The van der Waals surface area contributed by atoms with Gasteiger partial charge >= 0.3 is 6.09 Å². The van der Waals surface area contributed by atoms with Crippen molar-refractivity contribution in [3.63, 3.8) is 0 Å². The lowest BCUT2D eigenvalue weighted by Gasteiger charge is -2.43. The first kappa shape index (κ1) is 24.0. The summed E-state index contributed by atoms with van der Waals surface area (Å²) in [6, 6.07) is 13.4. The van der Waals surface area contributed by atoms with E-state index in [0.717, 1.165) is 47.7 Å². The van der Waals surface area contributed by atoms with Crippen molar-refractivity contribution in [1.82, 2.24) is 15.3 Å². The van der Waals surface area contributed by atoms with Crippen molar-refractivity contribution < 1.29 is 14.6 Å². The molecule has 7 nitrogen and oxygen atoms in total. The summed E-state index contributed by atoms with van der Waals surface area (Å²) in [6.07, 6.45) is 3.27. The number of ether oxygens (including phenoxy) is 1. The number of benzene rings is 2. The van der Waals surface area contributed by atoms with Gasteiger partial charge in [-0.05, 0) is 42.5 Å². The van der Waals surface area contributed by atoms with Gasteiger partial charge in [-0.2, -0.15) is 4.98 Å². The van der Waals surface area contributed by atoms with Gasteiger partial charge in [0.05, 0.1) is 34.3 Å². The second-order valence-corrected chi connectivity index (χ2v) is 10.7. The second-order valence-electron chi connectivity index (χ2n) is 8.81. The van der Waals surface area contributed by atoms with Gasteiger partial charge in [-0.1, -0.05) is 65.3 Å². The van der Waals surface area contributed by atoms with Crippen molar-refractivity contribution in [2.75, 3.05) is 25.1 Å². The number of aromatic nitrogens is 2. The van der Waals surface area contributed by atoms with E-state index < -0.39 is 6.09 Å². The lowest BCUT2D eigenvalue weighted by atomic mass is 9.73. The number of fused-ring (bicyclic) bond motifs is 1. The summed E-state index contributed by atoms with van der Waals surface area (Å²) in [6.45, 7) is 1.45. The Morgan fingerprint density at radius 1 is 1.17 bits per heavy atom. The van der Waals surface area contributed by atoms with Crippen LogP contribution in [0.5, 0.6) is 5.88 Å². The molecule has 1 atom stereocenters. The zero-order valence-corrected chi connectivity index (χ0v) is 21.3. The van der Waals surface area contributed by atoms with Crippen molar-refractivity contribution in [1.29, 1.82) is 0 Å². The van der Waals surface area contributed by atoms with Crippen LogP contribution in [0.25, 0.3) is 0 Å². The highest BCUT2D eigenvalue weighted by atomic mass is 35.5. The number of rotatable bonds is 5. The third-order valence-electron chi connectivity index (χ3n) is 6.87. The largest absolute Gasteiger partial charge is 0.480 e. The van der Waals surface area contributed by atoms with Gasteiger partial charge < -0.3 is 20.1 Å². The number of carboxylic acid groups (broad SMARTS) is 1. The molecule has 2 aromatic carbocycles. The van der Waals surface area contributed by atoms with Crippen LogP contribution in [0, 0.1) is 5.41 Å². The van der Waals surface area contributed by atoms with Gasteiger partial charge in [0, 0.05) is 23.4 Å². The Balaban J connectivity index is 1.34. The van der Waals surface area contributed by atoms with Crippen LogP contribution in [0.2, 0.25) is 10.0 Å². The molecule has 182 valence electrons. The molecule has 1 aliphatic heterocycles. The topological polar surface area (TPSA) is 87.6 Å². The maximum atomic E-state index is 11.6. The molecule has 1 aliphatic carbocycles. The van der Waals surface area contributed by atoms with Gasteiger partial charge in [-0.15, -0.1) is 0 Å². The minimum absolute atomic E-state index is 0.151. The minimum atomic E-state index is -0.991. The third-order valence-corrected chi connectivity index (χ3v) is 8.86. The van der Waals surface area contributed by atoms with Crippen LogP contribution in [0.3, 0.4) is 0 Å². The summed E-state index contributed by atoms with van der Waals surface area (Å²) in [4.78, 5) is 24.5. The Hall–Kier alpha value is -2.68. The van der Waals surface area contributed by atoms with E-state index in [9.17, 15) is 9.90 Å². The molecule has 10 heteroatoms. The number of carbonyl (C=O) groups is 1. The van der Waals surface area contributed by atoms with E-state index in [-0.39, 0.29) is 11.5 Å². The SMILES string of the molecule is COc1nc(N2CCC3(CC2)Cc2ccccc2C3NC(=O)O)ncc1Sc1cccc(Cl)c1Cl. The van der Waals surface area contributed by atoms with Crippen molar-refractivity contribution in [2.45, 2.75) is 35.1 Å². The van der Waals surface area contributed by atoms with Crippen molar-refractivity contribution >= 4 is 47.0 Å². The molecule has 1 amide bonds. The number of amides is 1. The molecule has 2 heterocycles. The molecule has 1 fully saturated rings. The molecular weight excluding hydrogens is 507 g/mol. The number of hydrogen-bond donors (Lipinski definition) is 2. The summed E-state index contributed by atoms with van der Waals surface area (Å²) < 4.78 is 5.57. The van der Waals surface area contributed by atoms with Gasteiger partial charge in [0.1, 0.15) is 0 Å². The average Bonchev–Trinajstić information content (AvgIpc) is 3.14. The van der Waals surface area contributed by atoms with Crippen molar-refractivity contribution in [3.8, 4) is 5.88 Å². The number of anilines is 1. The standard InChI is InChI=1S/C25H24Cl2N4O3S/c1-34-22-19(35-18-8-4-7-17(26)20(18)27)14-28-23(30-22)31-11-9-25(10-12-31)13-15-5-2-3-6-16(15)21(25)29-24(32)33/h2-8,14,21,29H,9-13H2,1H3,(H,32,33). The van der Waals surface area contributed by atoms with Gasteiger partial charge in [-0.25, -0.2) is 9.78 Å². The van der Waals surface area contributed by atoms with Crippen LogP contribution >= 0.6 is 35.0 Å². The maximum absolute atomic E-state index is 11.6. The number of nitrogens with zero attached hydrogens (tertiary/aromatic N) is 3. The molecule has 2 aliphatic rings. The molecule has 1 unspecified atom stereocenters. The average molecular weight is 531 g/mol. The van der Waals surface area contributed by atoms with Crippen LogP contribution < -0.4 is 15.0 Å². The van der Waals surface area contributed by atoms with Crippen LogP contribution in [0.15, 0.2) is 58.5 Å². The fraction of sp³-hybridized carbons (Fsp3) is 0.320. The normalized spacial score (nSPS) is 18.4. The molecule has 1 spiro atoms. The number of nitrogens with one attached hydrogen (secondary N) is 1. The highest BCUT2D eigenvalue weighted by molar-refractivity contribution is 7.99. The molecule has 3 aromatic rings. The first-order valence-corrected chi connectivity index (χ1v) is 12.8. The molecule has 0 saturated carbocycles. The molecule has 5 rings (SSSR count). The third kappa shape index (κ3) is 4.62. The first-order valence-electron chi connectivity index (χ1n) is 11.3. The smallest absolute Gasteiger partial charge is 0.405 e. The van der Waals surface area contributed by atoms with E-state index in [2.05, 4.69) is 26.3 Å². The molecule has 0 bridgehead atoms. The van der Waals surface area contributed by atoms with Gasteiger partial charge in [0.2, 0.25) is 11.8 Å². The van der Waals surface area contributed by atoms with E-state index in [1.165, 1.54) is 17.3 Å². The van der Waals surface area contributed by atoms with E-state index in [1.54, 1.807) is 19.4 Å². The highest BCUT2D eigenvalue weighted by Crippen LogP contribution is 2.52. The van der Waals surface area contributed by atoms with E-state index >= 15 is 0 Å². The predicted molar refractivity (Wildman–Crippen MR) is 137 cm³/mol. The fourth-order valence-electron chi connectivity index (χ4n) is 5.16. The van der Waals surface area contributed by atoms with Crippen LogP contribution in [-0.4, -0.2) is 41.4 Å². The van der Waals surface area contributed by atoms with Crippen LogP contribution in [0.4, 0.5) is 10.7 Å². The Morgan fingerprint density at radius 3 is 2.69 bits per heavy atom. The first-order chi connectivity index (χ1) is 16.9. The molecule has 1 aromatic heterocycles. The van der Waals surface area contributed by atoms with E-state index in [0.29, 0.717) is 21.9 Å². The number of hydrogen-bond acceptors (Lipinski definition) is 6. The summed E-state index contributed by atoms with van der Waals surface area (Å²) in [5, 5.41) is 13.3. The van der Waals surface area contributed by atoms with Gasteiger partial charge in [0.25, 0.3) is 0 Å². The maximum Gasteiger partial charge on any atom is 0.405 e. The summed E-state index contributed by atoms with van der Waals surface area (Å²) in [7, 11) is 1.58. The summed E-state index contributed by atoms with van der Waals surface area (Å²) in [5.41, 5.74) is 2.16. The minimum Gasteiger partial charge on any atom is -0.480 e. The van der Waals surface area contributed by atoms with E-state index in [1.807, 2.05) is 30.3 Å². The van der Waals surface area contributed by atoms with Crippen molar-refractivity contribution in [3.05, 3.63) is 69.8 Å². The molecule has 2 N–H and O–H groups in total. The molecule has 35 heavy (non-hydrogen) atoms. The summed E-state index contributed by atoms with van der Waals surface area (Å²) in [5.74, 6) is 1.06. The quantitative estimate of drug-likeness (QED) is 0.412. The molecular formula is C25H24Cl2N4O3S. The lowest BCUT2D eigenvalue weighted by Crippen LogP contribution is -2.47. The summed E-state index contributed by atoms with van der Waals surface area (Å²) >= 11 is 13.9. The molecule has 1 saturated heterocycles. The Bertz CT molecular complexity index is 1270. The van der Waals surface area contributed by atoms with Crippen LogP contribution in [-0.2, 0) is 6.42 Å². The lowest BCUT2D eigenvalue weighted by molar-refractivity contribution is 0.141. The fourth-order valence-corrected chi connectivity index (χ4v) is 6.53. The van der Waals surface area contributed by atoms with E-state index in [4.69, 9.17) is 27.9 Å². The Morgan fingerprint density at radius 2 is 1.94 bits per heavy atom. The highest BCUT2D eigenvalue weighted by Gasteiger charge is 2.48. The van der Waals surface area contributed by atoms with Crippen molar-refractivity contribution in [2.24, 2.45) is 5.41 Å². The zero-order valence-electron chi connectivity index (χ0n) is 19.0. The predicted octanol–water partition coefficient (Wildman–Crippen LogP) is 6.09.